The Morgan fingerprint density at radius 2 is 1.86 bits per heavy atom. The summed E-state index contributed by atoms with van der Waals surface area (Å²) in [6, 6.07) is 16.6. The molecule has 1 atom stereocenters. The Kier molecular flexibility index (Phi) is 6.63. The van der Waals surface area contributed by atoms with Gasteiger partial charge in [0.15, 0.2) is 5.57 Å². The lowest BCUT2D eigenvalue weighted by Gasteiger charge is -2.18. The highest BCUT2D eigenvalue weighted by molar-refractivity contribution is 8.05. The van der Waals surface area contributed by atoms with E-state index in [-0.39, 0.29) is 18.1 Å². The molecule has 2 aromatic carbocycles. The van der Waals surface area contributed by atoms with E-state index in [1.165, 1.54) is 16.7 Å². The number of ether oxygens (including phenoxy) is 1. The molecule has 0 spiro atoms. The molecule has 29 heavy (non-hydrogen) atoms. The number of carbonyl (C=O) groups is 2. The van der Waals surface area contributed by atoms with Crippen LogP contribution in [-0.4, -0.2) is 23.7 Å². The van der Waals surface area contributed by atoms with Gasteiger partial charge in [0.05, 0.1) is 11.9 Å². The molecule has 7 heteroatoms. The van der Waals surface area contributed by atoms with Crippen LogP contribution in [0.1, 0.15) is 18.1 Å². The zero-order valence-electron chi connectivity index (χ0n) is 16.0. The van der Waals surface area contributed by atoms with Crippen molar-refractivity contribution in [3.05, 3.63) is 75.3 Å². The number of anilines is 1. The van der Waals surface area contributed by atoms with Crippen LogP contribution in [0.5, 0.6) is 0 Å². The van der Waals surface area contributed by atoms with Crippen LogP contribution in [0.3, 0.4) is 0 Å². The second-order valence-electron chi connectivity index (χ2n) is 6.46. The van der Waals surface area contributed by atoms with Gasteiger partial charge in [-0.1, -0.05) is 53.2 Å². The van der Waals surface area contributed by atoms with Crippen molar-refractivity contribution in [2.45, 2.75) is 25.5 Å². The number of rotatable bonds is 5. The lowest BCUT2D eigenvalue weighted by atomic mass is 10.1. The third kappa shape index (κ3) is 4.64. The van der Waals surface area contributed by atoms with Crippen molar-refractivity contribution < 1.29 is 14.3 Å². The summed E-state index contributed by atoms with van der Waals surface area (Å²) >= 11 is 7.16. The van der Waals surface area contributed by atoms with Crippen LogP contribution in [0.25, 0.3) is 0 Å². The Hall–Kier alpha value is -2.75. The lowest BCUT2D eigenvalue weighted by molar-refractivity contribution is -0.138. The number of hydrogen-bond acceptors (Lipinski definition) is 5. The fourth-order valence-electron chi connectivity index (χ4n) is 2.94. The number of amides is 1. The summed E-state index contributed by atoms with van der Waals surface area (Å²) in [5.74, 6) is -0.907. The first-order chi connectivity index (χ1) is 13.9. The minimum Gasteiger partial charge on any atom is -0.462 e. The van der Waals surface area contributed by atoms with Crippen LogP contribution < -0.4 is 4.90 Å². The molecule has 2 aromatic rings. The number of aryl methyl sites for hydroxylation is 1. The van der Waals surface area contributed by atoms with E-state index in [9.17, 15) is 14.9 Å². The zero-order valence-corrected chi connectivity index (χ0v) is 17.6. The number of carbonyl (C=O) groups excluding carboxylic acids is 2. The predicted octanol–water partition coefficient (Wildman–Crippen LogP) is 4.64. The minimum absolute atomic E-state index is 0.147. The van der Waals surface area contributed by atoms with Gasteiger partial charge in [0.25, 0.3) is 0 Å². The molecule has 0 radical (unpaired) electrons. The fraction of sp³-hybridized carbons (Fsp3) is 0.227. The topological polar surface area (TPSA) is 70.4 Å². The van der Waals surface area contributed by atoms with Crippen molar-refractivity contribution in [2.24, 2.45) is 0 Å². The van der Waals surface area contributed by atoms with E-state index < -0.39 is 11.2 Å². The van der Waals surface area contributed by atoms with Gasteiger partial charge >= 0.3 is 5.97 Å². The zero-order chi connectivity index (χ0) is 21.0. The van der Waals surface area contributed by atoms with Crippen molar-refractivity contribution in [3.63, 3.8) is 0 Å². The maximum Gasteiger partial charge on any atom is 0.351 e. The van der Waals surface area contributed by atoms with Gasteiger partial charge in [-0.3, -0.25) is 9.69 Å². The fourth-order valence-corrected chi connectivity index (χ4v) is 4.36. The normalized spacial score (nSPS) is 17.8. The van der Waals surface area contributed by atoms with Crippen molar-refractivity contribution in [1.29, 1.82) is 5.26 Å². The molecule has 1 heterocycles. The van der Waals surface area contributed by atoms with Crippen LogP contribution in [-0.2, 0) is 20.7 Å². The number of nitrogens with zero attached hydrogens (tertiary/aromatic N) is 2. The van der Waals surface area contributed by atoms with E-state index in [4.69, 9.17) is 16.3 Å². The first kappa shape index (κ1) is 21.0. The molecule has 0 aromatic heterocycles. The summed E-state index contributed by atoms with van der Waals surface area (Å²) in [5, 5.41) is 10.1. The molecule has 3 rings (SSSR count). The van der Waals surface area contributed by atoms with Crippen LogP contribution in [0, 0.1) is 18.3 Å². The van der Waals surface area contributed by atoms with Crippen molar-refractivity contribution in [2.75, 3.05) is 11.5 Å². The maximum atomic E-state index is 13.3. The summed E-state index contributed by atoms with van der Waals surface area (Å²) < 4.78 is 5.03. The van der Waals surface area contributed by atoms with E-state index in [1.807, 2.05) is 37.3 Å². The highest BCUT2D eigenvalue weighted by Crippen LogP contribution is 2.42. The minimum atomic E-state index is -0.727. The summed E-state index contributed by atoms with van der Waals surface area (Å²) in [6.45, 7) is 3.77. The molecule has 1 aliphatic rings. The van der Waals surface area contributed by atoms with Gasteiger partial charge < -0.3 is 4.74 Å². The predicted molar refractivity (Wildman–Crippen MR) is 114 cm³/mol. The van der Waals surface area contributed by atoms with Crippen molar-refractivity contribution in [3.8, 4) is 6.07 Å². The number of benzene rings is 2. The Bertz CT molecular complexity index is 994. The second kappa shape index (κ2) is 9.17. The van der Waals surface area contributed by atoms with Gasteiger partial charge in [-0.15, -0.1) is 0 Å². The first-order valence-electron chi connectivity index (χ1n) is 9.07. The molecule has 5 nitrogen and oxygen atoms in total. The molecule has 1 saturated heterocycles. The molecular weight excluding hydrogens is 408 g/mol. The van der Waals surface area contributed by atoms with E-state index in [0.29, 0.717) is 22.2 Å². The van der Waals surface area contributed by atoms with Gasteiger partial charge in [0, 0.05) is 10.7 Å². The molecule has 148 valence electrons. The summed E-state index contributed by atoms with van der Waals surface area (Å²) in [4.78, 5) is 27.0. The first-order valence-corrected chi connectivity index (χ1v) is 10.3. The van der Waals surface area contributed by atoms with Gasteiger partial charge in [-0.05, 0) is 50.1 Å². The average molecular weight is 427 g/mol. The van der Waals surface area contributed by atoms with E-state index in [2.05, 4.69) is 0 Å². The quantitative estimate of drug-likeness (QED) is 0.395. The SMILES string of the molecule is CCOC(=O)/C(C#N)=C1\S[C@H](Cc2ccc(Cl)cc2)C(=O)N1c1ccc(C)cc1. The molecule has 0 aliphatic carbocycles. The number of hydrogen-bond donors (Lipinski definition) is 0. The molecular formula is C22H19ClN2O3S. The summed E-state index contributed by atoms with van der Waals surface area (Å²) in [5.41, 5.74) is 2.44. The highest BCUT2D eigenvalue weighted by atomic mass is 35.5. The molecule has 0 saturated carbocycles. The molecule has 1 amide bonds. The van der Waals surface area contributed by atoms with Crippen LogP contribution in [0.4, 0.5) is 5.69 Å². The Morgan fingerprint density at radius 3 is 2.45 bits per heavy atom. The second-order valence-corrected chi connectivity index (χ2v) is 8.09. The smallest absolute Gasteiger partial charge is 0.351 e. The Balaban J connectivity index is 2.02. The van der Waals surface area contributed by atoms with Gasteiger partial charge in [0.1, 0.15) is 11.1 Å². The highest BCUT2D eigenvalue weighted by Gasteiger charge is 2.41. The summed E-state index contributed by atoms with van der Waals surface area (Å²) in [6.07, 6.45) is 0.452. The van der Waals surface area contributed by atoms with Gasteiger partial charge in [0.2, 0.25) is 5.91 Å². The number of thioether (sulfide) groups is 1. The number of esters is 1. The van der Waals surface area contributed by atoms with Crippen LogP contribution in [0.2, 0.25) is 5.02 Å². The number of halogens is 1. The average Bonchev–Trinajstić information content (AvgIpc) is 3.01. The molecule has 1 fully saturated rings. The van der Waals surface area contributed by atoms with Crippen molar-refractivity contribution in [1.82, 2.24) is 0 Å². The van der Waals surface area contributed by atoms with Crippen LogP contribution in [0.15, 0.2) is 59.1 Å². The molecule has 0 unspecified atom stereocenters. The maximum absolute atomic E-state index is 13.3. The van der Waals surface area contributed by atoms with E-state index >= 15 is 0 Å². The molecule has 0 N–H and O–H groups in total. The lowest BCUT2D eigenvalue weighted by Crippen LogP contribution is -2.30. The Labute approximate surface area is 178 Å². The van der Waals surface area contributed by atoms with E-state index in [1.54, 1.807) is 31.2 Å². The number of nitriles is 1. The van der Waals surface area contributed by atoms with Gasteiger partial charge in [-0.2, -0.15) is 5.26 Å². The molecule has 1 aliphatic heterocycles. The Morgan fingerprint density at radius 1 is 1.21 bits per heavy atom. The van der Waals surface area contributed by atoms with Crippen molar-refractivity contribution >= 4 is 40.9 Å². The van der Waals surface area contributed by atoms with Gasteiger partial charge in [-0.25, -0.2) is 4.79 Å². The van der Waals surface area contributed by atoms with E-state index in [0.717, 1.165) is 11.1 Å². The van der Waals surface area contributed by atoms with Crippen LogP contribution >= 0.6 is 23.4 Å². The third-order valence-corrected chi connectivity index (χ3v) is 5.90. The standard InChI is InChI=1S/C22H19ClN2O3S/c1-3-28-22(27)18(13-24)21-25(17-10-4-14(2)5-11-17)20(26)19(29-21)12-15-6-8-16(23)9-7-15/h4-11,19H,3,12H2,1-2H3/b21-18-/t19-/m1/s1. The third-order valence-electron chi connectivity index (χ3n) is 4.38. The summed E-state index contributed by atoms with van der Waals surface area (Å²) in [7, 11) is 0. The largest absolute Gasteiger partial charge is 0.462 e. The molecule has 0 bridgehead atoms. The monoisotopic (exact) mass is 426 g/mol.